The predicted molar refractivity (Wildman–Crippen MR) is 99.9 cm³/mol. The molecular formula is C19H19FN2O2S. The average Bonchev–Trinajstić information content (AvgIpc) is 2.61. The Morgan fingerprint density at radius 1 is 1.16 bits per heavy atom. The number of likely N-dealkylation sites (N-methyl/N-ethyl adjacent to an activating group) is 1. The Kier molecular flexibility index (Phi) is 6.77. The van der Waals surface area contributed by atoms with Crippen molar-refractivity contribution in [2.75, 3.05) is 25.2 Å². The highest BCUT2D eigenvalue weighted by molar-refractivity contribution is 7.98. The highest BCUT2D eigenvalue weighted by Crippen LogP contribution is 2.24. The first kappa shape index (κ1) is 18.7. The van der Waals surface area contributed by atoms with Crippen LogP contribution in [-0.4, -0.2) is 36.6 Å². The van der Waals surface area contributed by atoms with Crippen LogP contribution in [0.3, 0.4) is 0 Å². The first-order valence-corrected chi connectivity index (χ1v) is 8.84. The molecule has 0 aliphatic heterocycles. The molecule has 2 rings (SSSR count). The number of amides is 2. The van der Waals surface area contributed by atoms with E-state index in [1.807, 2.05) is 30.5 Å². The van der Waals surface area contributed by atoms with Gasteiger partial charge in [0, 0.05) is 23.6 Å². The zero-order chi connectivity index (χ0) is 18.2. The largest absolute Gasteiger partial charge is 0.333 e. The Bertz CT molecular complexity index is 792. The summed E-state index contributed by atoms with van der Waals surface area (Å²) in [6.07, 6.45) is 4.57. The zero-order valence-corrected chi connectivity index (χ0v) is 14.8. The van der Waals surface area contributed by atoms with E-state index in [4.69, 9.17) is 0 Å². The summed E-state index contributed by atoms with van der Waals surface area (Å²) in [5.74, 6) is -1.08. The fraction of sp³-hybridized carbons (Fsp3) is 0.158. The Morgan fingerprint density at radius 3 is 2.56 bits per heavy atom. The minimum Gasteiger partial charge on any atom is -0.333 e. The number of halogens is 1. The van der Waals surface area contributed by atoms with E-state index in [0.29, 0.717) is 11.3 Å². The summed E-state index contributed by atoms with van der Waals surface area (Å²) in [7, 11) is 1.52. The van der Waals surface area contributed by atoms with Crippen LogP contribution in [-0.2, 0) is 9.59 Å². The Hall–Kier alpha value is -2.60. The molecule has 0 aliphatic rings. The molecule has 130 valence electrons. The number of anilines is 1. The lowest BCUT2D eigenvalue weighted by Gasteiger charge is -2.15. The highest BCUT2D eigenvalue weighted by atomic mass is 32.2. The maximum Gasteiger partial charge on any atom is 0.246 e. The summed E-state index contributed by atoms with van der Waals surface area (Å²) in [4.78, 5) is 26.4. The Balaban J connectivity index is 1.94. The number of nitrogens with one attached hydrogen (secondary N) is 1. The molecule has 0 heterocycles. The molecule has 0 atom stereocenters. The number of rotatable bonds is 6. The lowest BCUT2D eigenvalue weighted by Crippen LogP contribution is -2.33. The van der Waals surface area contributed by atoms with Crippen molar-refractivity contribution in [3.63, 3.8) is 0 Å². The minimum atomic E-state index is -0.402. The normalized spacial score (nSPS) is 10.7. The highest BCUT2D eigenvalue weighted by Gasteiger charge is 2.12. The maximum absolute atomic E-state index is 13.5. The third-order valence-corrected chi connectivity index (χ3v) is 4.24. The first-order valence-electron chi connectivity index (χ1n) is 7.62. The van der Waals surface area contributed by atoms with Gasteiger partial charge in [-0.15, -0.1) is 11.8 Å². The molecule has 0 spiro atoms. The van der Waals surface area contributed by atoms with Gasteiger partial charge in [0.2, 0.25) is 11.8 Å². The van der Waals surface area contributed by atoms with Crippen molar-refractivity contribution in [2.45, 2.75) is 4.90 Å². The summed E-state index contributed by atoms with van der Waals surface area (Å²) >= 11 is 1.53. The molecule has 6 heteroatoms. The standard InChI is InChI=1S/C19H19FN2O2S/c1-22(19(24)12-11-14-7-3-4-8-15(14)20)13-18(23)21-16-9-5-6-10-17(16)25-2/h3-12H,13H2,1-2H3,(H,21,23). The number of thioether (sulfide) groups is 1. The van der Waals surface area contributed by atoms with Gasteiger partial charge in [0.1, 0.15) is 5.82 Å². The van der Waals surface area contributed by atoms with Crippen LogP contribution in [0.25, 0.3) is 6.08 Å². The third kappa shape index (κ3) is 5.46. The number of hydrogen-bond acceptors (Lipinski definition) is 3. The Labute approximate surface area is 150 Å². The molecule has 0 aromatic heterocycles. The SMILES string of the molecule is CSc1ccccc1NC(=O)CN(C)C(=O)C=Cc1ccccc1F. The third-order valence-electron chi connectivity index (χ3n) is 3.45. The summed E-state index contributed by atoms with van der Waals surface area (Å²) in [6.45, 7) is -0.0941. The van der Waals surface area contributed by atoms with Crippen molar-refractivity contribution in [2.24, 2.45) is 0 Å². The smallest absolute Gasteiger partial charge is 0.246 e. The molecule has 25 heavy (non-hydrogen) atoms. The molecule has 4 nitrogen and oxygen atoms in total. The molecule has 2 aromatic carbocycles. The summed E-state index contributed by atoms with van der Waals surface area (Å²) in [5, 5.41) is 2.79. The fourth-order valence-electron chi connectivity index (χ4n) is 2.13. The number of nitrogens with zero attached hydrogens (tertiary/aromatic N) is 1. The molecule has 0 unspecified atom stereocenters. The number of carbonyl (C=O) groups excluding carboxylic acids is 2. The van der Waals surface area contributed by atoms with E-state index >= 15 is 0 Å². The van der Waals surface area contributed by atoms with E-state index in [1.54, 1.807) is 18.2 Å². The summed E-state index contributed by atoms with van der Waals surface area (Å²) < 4.78 is 13.5. The van der Waals surface area contributed by atoms with Gasteiger partial charge in [0.15, 0.2) is 0 Å². The second kappa shape index (κ2) is 9.03. The average molecular weight is 358 g/mol. The lowest BCUT2D eigenvalue weighted by molar-refractivity contribution is -0.129. The summed E-state index contributed by atoms with van der Waals surface area (Å²) in [5.41, 5.74) is 1.03. The first-order chi connectivity index (χ1) is 12.0. The number of hydrogen-bond donors (Lipinski definition) is 1. The van der Waals surface area contributed by atoms with E-state index in [2.05, 4.69) is 5.32 Å². The molecule has 0 aliphatic carbocycles. The van der Waals surface area contributed by atoms with Crippen LogP contribution in [0, 0.1) is 5.82 Å². The van der Waals surface area contributed by atoms with Crippen molar-refractivity contribution in [3.8, 4) is 0 Å². The lowest BCUT2D eigenvalue weighted by atomic mass is 10.2. The van der Waals surface area contributed by atoms with Crippen molar-refractivity contribution in [1.82, 2.24) is 4.90 Å². The van der Waals surface area contributed by atoms with Crippen LogP contribution in [0.2, 0.25) is 0 Å². The number of para-hydroxylation sites is 1. The van der Waals surface area contributed by atoms with Gasteiger partial charge >= 0.3 is 0 Å². The van der Waals surface area contributed by atoms with Gasteiger partial charge in [-0.3, -0.25) is 9.59 Å². The van der Waals surface area contributed by atoms with Crippen molar-refractivity contribution >= 4 is 35.3 Å². The monoisotopic (exact) mass is 358 g/mol. The second-order valence-electron chi connectivity index (χ2n) is 5.30. The molecule has 2 aromatic rings. The molecule has 2 amide bonds. The second-order valence-corrected chi connectivity index (χ2v) is 6.15. The molecule has 0 radical (unpaired) electrons. The van der Waals surface area contributed by atoms with Gasteiger partial charge in [0.25, 0.3) is 0 Å². The van der Waals surface area contributed by atoms with Gasteiger partial charge in [0.05, 0.1) is 12.2 Å². The topological polar surface area (TPSA) is 49.4 Å². The van der Waals surface area contributed by atoms with Crippen LogP contribution in [0.5, 0.6) is 0 Å². The minimum absolute atomic E-state index is 0.0941. The van der Waals surface area contributed by atoms with Gasteiger partial charge in [-0.05, 0) is 30.5 Å². The van der Waals surface area contributed by atoms with E-state index in [1.165, 1.54) is 41.9 Å². The molecular weight excluding hydrogens is 339 g/mol. The quantitative estimate of drug-likeness (QED) is 0.633. The van der Waals surface area contributed by atoms with E-state index < -0.39 is 5.82 Å². The van der Waals surface area contributed by atoms with E-state index in [9.17, 15) is 14.0 Å². The van der Waals surface area contributed by atoms with Crippen LogP contribution < -0.4 is 5.32 Å². The molecule has 0 saturated carbocycles. The van der Waals surface area contributed by atoms with Crippen LogP contribution in [0.4, 0.5) is 10.1 Å². The molecule has 0 fully saturated rings. The molecule has 1 N–H and O–H groups in total. The van der Waals surface area contributed by atoms with Gasteiger partial charge < -0.3 is 10.2 Å². The van der Waals surface area contributed by atoms with Crippen LogP contribution >= 0.6 is 11.8 Å². The van der Waals surface area contributed by atoms with Gasteiger partial charge in [-0.1, -0.05) is 30.3 Å². The zero-order valence-electron chi connectivity index (χ0n) is 14.0. The van der Waals surface area contributed by atoms with Crippen LogP contribution in [0.1, 0.15) is 5.56 Å². The Morgan fingerprint density at radius 2 is 1.84 bits per heavy atom. The van der Waals surface area contributed by atoms with E-state index in [-0.39, 0.29) is 18.4 Å². The predicted octanol–water partition coefficient (Wildman–Crippen LogP) is 3.66. The molecule has 0 bridgehead atoms. The van der Waals surface area contributed by atoms with Crippen molar-refractivity contribution in [3.05, 3.63) is 66.0 Å². The van der Waals surface area contributed by atoms with Gasteiger partial charge in [-0.2, -0.15) is 0 Å². The van der Waals surface area contributed by atoms with Gasteiger partial charge in [-0.25, -0.2) is 4.39 Å². The summed E-state index contributed by atoms with van der Waals surface area (Å²) in [6, 6.07) is 13.6. The van der Waals surface area contributed by atoms with Crippen LogP contribution in [0.15, 0.2) is 59.5 Å². The number of benzene rings is 2. The van der Waals surface area contributed by atoms with Crippen molar-refractivity contribution < 1.29 is 14.0 Å². The van der Waals surface area contributed by atoms with Crippen molar-refractivity contribution in [1.29, 1.82) is 0 Å². The number of carbonyl (C=O) groups is 2. The maximum atomic E-state index is 13.5. The molecule has 0 saturated heterocycles. The van der Waals surface area contributed by atoms with E-state index in [0.717, 1.165) is 4.90 Å². The fourth-order valence-corrected chi connectivity index (χ4v) is 2.68.